The second kappa shape index (κ2) is 13.5. The number of nitrogens with zero attached hydrogens (tertiary/aromatic N) is 4. The normalized spacial score (nSPS) is 16.3. The lowest BCUT2D eigenvalue weighted by Crippen LogP contribution is -2.85. The Morgan fingerprint density at radius 1 is 1.00 bits per heavy atom. The minimum Gasteiger partial charge on any atom is -0.445 e. The number of benzene rings is 3. The molecule has 3 N–H and O–H groups in total. The van der Waals surface area contributed by atoms with Crippen molar-refractivity contribution in [1.82, 2.24) is 14.9 Å². The summed E-state index contributed by atoms with van der Waals surface area (Å²) in [5.41, 5.74) is 3.18. The molecule has 8 nitrogen and oxygen atoms in total. The van der Waals surface area contributed by atoms with E-state index in [-0.39, 0.29) is 24.7 Å². The second-order valence-electron chi connectivity index (χ2n) is 11.4. The molecule has 1 amide bonds. The Morgan fingerprint density at radius 2 is 1.72 bits per heavy atom. The number of nitrogens with two attached hydrogens (primary N) is 1. The molecular weight excluding hydrogens is 593 g/mol. The van der Waals surface area contributed by atoms with Gasteiger partial charge in [-0.3, -0.25) is 5.32 Å². The highest BCUT2D eigenvalue weighted by Gasteiger charge is 2.36. The lowest BCUT2D eigenvalue weighted by molar-refractivity contribution is -0.436. The van der Waals surface area contributed by atoms with Crippen LogP contribution in [0.25, 0.3) is 11.4 Å². The summed E-state index contributed by atoms with van der Waals surface area (Å²) in [5.74, 6) is 1.16. The van der Waals surface area contributed by atoms with Crippen molar-refractivity contribution < 1.29 is 28.0 Å². The molecule has 1 atom stereocenters. The molecule has 4 aromatic rings. The molecule has 0 saturated carbocycles. The maximum Gasteiger partial charge on any atom is 0.416 e. The maximum atomic E-state index is 13.7. The van der Waals surface area contributed by atoms with Crippen LogP contribution in [0.3, 0.4) is 0 Å². The number of hydrogen-bond acceptors (Lipinski definition) is 6. The summed E-state index contributed by atoms with van der Waals surface area (Å²) in [5, 5.41) is 5.24. The molecule has 1 unspecified atom stereocenters. The first-order chi connectivity index (χ1) is 22.2. The number of halogens is 3. The van der Waals surface area contributed by atoms with Gasteiger partial charge in [0.2, 0.25) is 11.8 Å². The molecule has 0 radical (unpaired) electrons. The first kappa shape index (κ1) is 31.0. The Bertz CT molecular complexity index is 1740. The van der Waals surface area contributed by atoms with Crippen LogP contribution in [0.5, 0.6) is 0 Å². The number of carbonyl (C=O) groups is 1. The van der Waals surface area contributed by atoms with Crippen molar-refractivity contribution in [2.75, 3.05) is 18.4 Å². The lowest BCUT2D eigenvalue weighted by Gasteiger charge is -2.30. The number of carbonyl (C=O) groups excluding carboxylic acids is 1. The zero-order valence-corrected chi connectivity index (χ0v) is 25.2. The van der Waals surface area contributed by atoms with Gasteiger partial charge >= 0.3 is 12.3 Å². The molecule has 6 rings (SSSR count). The number of hydrogen-bond donors (Lipinski definition) is 2. The van der Waals surface area contributed by atoms with E-state index in [0.717, 1.165) is 29.1 Å². The number of piperidine rings is 1. The fourth-order valence-electron chi connectivity index (χ4n) is 5.67. The molecular formula is C35H34F3N6O2+. The fraction of sp³-hybridized carbons (Fsp3) is 0.257. The van der Waals surface area contributed by atoms with Gasteiger partial charge in [0.1, 0.15) is 18.0 Å². The number of aromatic nitrogens is 2. The highest BCUT2D eigenvalue weighted by Crippen LogP contribution is 2.34. The van der Waals surface area contributed by atoms with E-state index in [1.807, 2.05) is 72.9 Å². The van der Waals surface area contributed by atoms with Gasteiger partial charge in [-0.2, -0.15) is 18.2 Å². The third-order valence-corrected chi connectivity index (χ3v) is 8.20. The van der Waals surface area contributed by atoms with E-state index in [9.17, 15) is 18.0 Å². The third kappa shape index (κ3) is 7.26. The zero-order chi connectivity index (χ0) is 32.1. The van der Waals surface area contributed by atoms with Gasteiger partial charge in [0.15, 0.2) is 5.70 Å². The van der Waals surface area contributed by atoms with E-state index in [0.29, 0.717) is 54.5 Å². The number of aliphatic imine (C=N–C) groups is 1. The highest BCUT2D eigenvalue weighted by molar-refractivity contribution is 5.98. The molecule has 2 aliphatic heterocycles. The number of likely N-dealkylation sites (tertiary alicyclic amines) is 1. The van der Waals surface area contributed by atoms with Gasteiger partial charge in [-0.15, -0.1) is 0 Å². The molecule has 11 heteroatoms. The highest BCUT2D eigenvalue weighted by atomic mass is 19.4. The quantitative estimate of drug-likeness (QED) is 0.232. The molecule has 1 saturated heterocycles. The standard InChI is InChI=1S/C35H33F3N6O2/c1-23(25-11-6-3-7-12-25)40-33-39-18-15-29(41-33)31-30(27-13-8-14-28(21-27)35(36,37)38)42-32(43-31)26-16-19-44(20-17-26)34(45)46-22-24-9-4-2-5-10-24/h2-15,18,21,23,26H,16-17,19-20,22H2,1H3,(H,42,43)(H,39,40,41)/p+1. The predicted molar refractivity (Wildman–Crippen MR) is 169 cm³/mol. The van der Waals surface area contributed by atoms with Gasteiger partial charge in [0, 0.05) is 24.8 Å². The van der Waals surface area contributed by atoms with Crippen molar-refractivity contribution in [3.63, 3.8) is 0 Å². The summed E-state index contributed by atoms with van der Waals surface area (Å²) in [6.45, 7) is 3.18. The Balaban J connectivity index is 1.21. The molecule has 3 aromatic carbocycles. The minimum atomic E-state index is -4.49. The number of nitrogens with one attached hydrogen (secondary N) is 1. The molecule has 0 aliphatic carbocycles. The van der Waals surface area contributed by atoms with Crippen LogP contribution in [0.15, 0.2) is 102 Å². The van der Waals surface area contributed by atoms with Crippen molar-refractivity contribution in [2.45, 2.75) is 38.6 Å². The Morgan fingerprint density at radius 3 is 2.43 bits per heavy atom. The van der Waals surface area contributed by atoms with Gasteiger partial charge in [0.25, 0.3) is 0 Å². The SMILES string of the molecule is CC(Nc1nccc(C2=C(c3cccc(C(F)(F)F)c3)N=C(C3CCN(C(=O)OCc4ccccc4)CC3)[NH2+]2)n1)c1ccccc1. The van der Waals surface area contributed by atoms with Crippen LogP contribution in [0.1, 0.15) is 53.8 Å². The van der Waals surface area contributed by atoms with E-state index in [1.165, 1.54) is 6.07 Å². The molecule has 236 valence electrons. The minimum absolute atomic E-state index is 0.00834. The van der Waals surface area contributed by atoms with Gasteiger partial charge in [0.05, 0.1) is 17.5 Å². The lowest BCUT2D eigenvalue weighted by atomic mass is 9.95. The Kier molecular flexibility index (Phi) is 9.11. The number of alkyl halides is 3. The number of amides is 1. The summed E-state index contributed by atoms with van der Waals surface area (Å²) in [4.78, 5) is 28.5. The largest absolute Gasteiger partial charge is 0.445 e. The van der Waals surface area contributed by atoms with E-state index < -0.39 is 11.7 Å². The number of quaternary nitrogens is 1. The van der Waals surface area contributed by atoms with Crippen LogP contribution < -0.4 is 10.6 Å². The zero-order valence-electron chi connectivity index (χ0n) is 25.2. The number of rotatable bonds is 8. The second-order valence-corrected chi connectivity index (χ2v) is 11.4. The summed E-state index contributed by atoms with van der Waals surface area (Å²) in [6.07, 6.45) is -1.94. The monoisotopic (exact) mass is 627 g/mol. The van der Waals surface area contributed by atoms with Crippen LogP contribution in [0.2, 0.25) is 0 Å². The molecule has 0 spiro atoms. The predicted octanol–water partition coefficient (Wildman–Crippen LogP) is 6.52. The summed E-state index contributed by atoms with van der Waals surface area (Å²) in [6, 6.07) is 26.3. The average Bonchev–Trinajstić information content (AvgIpc) is 3.54. The van der Waals surface area contributed by atoms with Crippen molar-refractivity contribution in [2.24, 2.45) is 10.9 Å². The first-order valence-electron chi connectivity index (χ1n) is 15.2. The maximum absolute atomic E-state index is 13.7. The summed E-state index contributed by atoms with van der Waals surface area (Å²) in [7, 11) is 0. The molecule has 3 heterocycles. The van der Waals surface area contributed by atoms with E-state index in [1.54, 1.807) is 23.2 Å². The Hall–Kier alpha value is -5.03. The van der Waals surface area contributed by atoms with Crippen molar-refractivity contribution in [1.29, 1.82) is 0 Å². The number of amidine groups is 1. The van der Waals surface area contributed by atoms with E-state index in [4.69, 9.17) is 14.7 Å². The summed E-state index contributed by atoms with van der Waals surface area (Å²) >= 11 is 0. The molecule has 1 fully saturated rings. The van der Waals surface area contributed by atoms with Crippen molar-refractivity contribution in [3.8, 4) is 0 Å². The third-order valence-electron chi connectivity index (χ3n) is 8.20. The van der Waals surface area contributed by atoms with Crippen LogP contribution in [-0.4, -0.2) is 39.9 Å². The molecule has 1 aromatic heterocycles. The number of anilines is 1. The Labute approximate surface area is 265 Å². The van der Waals surface area contributed by atoms with Crippen molar-refractivity contribution >= 4 is 29.3 Å². The van der Waals surface area contributed by atoms with Crippen LogP contribution in [-0.2, 0) is 17.5 Å². The molecule has 46 heavy (non-hydrogen) atoms. The summed E-state index contributed by atoms with van der Waals surface area (Å²) < 4.78 is 46.5. The van der Waals surface area contributed by atoms with E-state index in [2.05, 4.69) is 10.3 Å². The van der Waals surface area contributed by atoms with Gasteiger partial charge in [-0.05, 0) is 49.1 Å². The van der Waals surface area contributed by atoms with Crippen LogP contribution in [0.4, 0.5) is 23.9 Å². The van der Waals surface area contributed by atoms with Crippen LogP contribution >= 0.6 is 0 Å². The first-order valence-corrected chi connectivity index (χ1v) is 15.2. The number of ether oxygens (including phenoxy) is 1. The van der Waals surface area contributed by atoms with Crippen LogP contribution in [0, 0.1) is 5.92 Å². The van der Waals surface area contributed by atoms with E-state index >= 15 is 0 Å². The molecule has 0 bridgehead atoms. The van der Waals surface area contributed by atoms with Crippen molar-refractivity contribution in [3.05, 3.63) is 125 Å². The topological polar surface area (TPSA) is 96.3 Å². The van der Waals surface area contributed by atoms with Gasteiger partial charge in [-0.25, -0.2) is 14.8 Å². The van der Waals surface area contributed by atoms with Gasteiger partial charge < -0.3 is 15.0 Å². The van der Waals surface area contributed by atoms with Gasteiger partial charge in [-0.1, -0.05) is 72.8 Å². The molecule has 2 aliphatic rings. The smallest absolute Gasteiger partial charge is 0.416 e. The fourth-order valence-corrected chi connectivity index (χ4v) is 5.67. The average molecular weight is 628 g/mol.